The predicted molar refractivity (Wildman–Crippen MR) is 79.7 cm³/mol. The average molecular weight is 276 g/mol. The fourth-order valence-corrected chi connectivity index (χ4v) is 2.66. The first kappa shape index (κ1) is 14.9. The number of carbonyl (C=O) groups is 1. The van der Waals surface area contributed by atoms with Gasteiger partial charge in [-0.05, 0) is 38.9 Å². The number of amides is 1. The van der Waals surface area contributed by atoms with E-state index < -0.39 is 0 Å². The van der Waals surface area contributed by atoms with Crippen LogP contribution in [0.3, 0.4) is 0 Å². The number of nitrogens with zero attached hydrogens (tertiary/aromatic N) is 3. The lowest BCUT2D eigenvalue weighted by molar-refractivity contribution is 0.0760. The van der Waals surface area contributed by atoms with Gasteiger partial charge in [-0.2, -0.15) is 0 Å². The first-order chi connectivity index (χ1) is 9.61. The van der Waals surface area contributed by atoms with Crippen molar-refractivity contribution in [2.75, 3.05) is 39.3 Å². The Bertz CT molecular complexity index is 475. The third-order valence-electron chi connectivity index (χ3n) is 3.78. The molecule has 1 fully saturated rings. The van der Waals surface area contributed by atoms with Gasteiger partial charge in [0.25, 0.3) is 5.91 Å². The molecule has 0 bridgehead atoms. The van der Waals surface area contributed by atoms with Gasteiger partial charge in [0.05, 0.1) is 11.3 Å². The zero-order valence-corrected chi connectivity index (χ0v) is 12.4. The smallest absolute Gasteiger partial charge is 0.255 e. The number of pyridine rings is 1. The summed E-state index contributed by atoms with van der Waals surface area (Å²) in [5, 5.41) is 0. The van der Waals surface area contributed by atoms with E-state index in [0.717, 1.165) is 56.1 Å². The largest absolute Gasteiger partial charge is 0.337 e. The van der Waals surface area contributed by atoms with Crippen LogP contribution in [0.15, 0.2) is 12.1 Å². The van der Waals surface area contributed by atoms with Crippen LogP contribution in [-0.2, 0) is 0 Å². The van der Waals surface area contributed by atoms with E-state index in [4.69, 9.17) is 5.73 Å². The monoisotopic (exact) mass is 276 g/mol. The Morgan fingerprint density at radius 1 is 1.25 bits per heavy atom. The summed E-state index contributed by atoms with van der Waals surface area (Å²) in [6, 6.07) is 3.79. The van der Waals surface area contributed by atoms with Crippen LogP contribution < -0.4 is 5.73 Å². The van der Waals surface area contributed by atoms with Crippen LogP contribution >= 0.6 is 0 Å². The predicted octanol–water partition coefficient (Wildman–Crippen LogP) is 0.805. The topological polar surface area (TPSA) is 62.5 Å². The Kier molecular flexibility index (Phi) is 5.09. The first-order valence-electron chi connectivity index (χ1n) is 7.28. The molecule has 5 nitrogen and oxygen atoms in total. The second kappa shape index (κ2) is 6.81. The molecule has 0 spiro atoms. The number of aryl methyl sites for hydroxylation is 2. The Morgan fingerprint density at radius 3 is 2.75 bits per heavy atom. The van der Waals surface area contributed by atoms with Crippen LogP contribution in [0.5, 0.6) is 0 Å². The quantitative estimate of drug-likeness (QED) is 0.887. The van der Waals surface area contributed by atoms with Crippen molar-refractivity contribution < 1.29 is 4.79 Å². The van der Waals surface area contributed by atoms with Crippen molar-refractivity contribution in [1.82, 2.24) is 14.8 Å². The Labute approximate surface area is 120 Å². The van der Waals surface area contributed by atoms with Gasteiger partial charge < -0.3 is 15.5 Å². The van der Waals surface area contributed by atoms with E-state index in [-0.39, 0.29) is 5.91 Å². The lowest BCUT2D eigenvalue weighted by Gasteiger charge is -2.22. The summed E-state index contributed by atoms with van der Waals surface area (Å²) in [5.41, 5.74) is 8.09. The average Bonchev–Trinajstić information content (AvgIpc) is 2.64. The highest BCUT2D eigenvalue weighted by molar-refractivity contribution is 5.95. The van der Waals surface area contributed by atoms with E-state index in [1.54, 1.807) is 0 Å². The van der Waals surface area contributed by atoms with Crippen LogP contribution in [0.1, 0.15) is 28.2 Å². The van der Waals surface area contributed by atoms with Gasteiger partial charge in [0, 0.05) is 38.4 Å². The Morgan fingerprint density at radius 2 is 2.05 bits per heavy atom. The molecule has 2 N–H and O–H groups in total. The van der Waals surface area contributed by atoms with Crippen LogP contribution in [0, 0.1) is 13.8 Å². The van der Waals surface area contributed by atoms with E-state index in [9.17, 15) is 4.79 Å². The van der Waals surface area contributed by atoms with Gasteiger partial charge in [-0.3, -0.25) is 9.78 Å². The fourth-order valence-electron chi connectivity index (χ4n) is 2.66. The SMILES string of the molecule is Cc1ccc(C(=O)N2CCCN(CCN)CC2)c(C)n1. The van der Waals surface area contributed by atoms with Crippen molar-refractivity contribution in [2.45, 2.75) is 20.3 Å². The van der Waals surface area contributed by atoms with Gasteiger partial charge in [-0.1, -0.05) is 0 Å². The van der Waals surface area contributed by atoms with Crippen molar-refractivity contribution in [3.05, 3.63) is 29.1 Å². The number of nitrogens with two attached hydrogens (primary N) is 1. The van der Waals surface area contributed by atoms with Crippen LogP contribution in [0.25, 0.3) is 0 Å². The van der Waals surface area contributed by atoms with E-state index in [0.29, 0.717) is 6.54 Å². The molecule has 1 aromatic rings. The normalized spacial score (nSPS) is 17.1. The number of hydrogen-bond acceptors (Lipinski definition) is 4. The second-order valence-electron chi connectivity index (χ2n) is 5.36. The number of carbonyl (C=O) groups excluding carboxylic acids is 1. The third-order valence-corrected chi connectivity index (χ3v) is 3.78. The Hall–Kier alpha value is -1.46. The Balaban J connectivity index is 2.05. The molecule has 5 heteroatoms. The molecule has 2 heterocycles. The molecular weight excluding hydrogens is 252 g/mol. The summed E-state index contributed by atoms with van der Waals surface area (Å²) in [5.74, 6) is 0.101. The minimum absolute atomic E-state index is 0.101. The van der Waals surface area contributed by atoms with E-state index in [1.165, 1.54) is 0 Å². The lowest BCUT2D eigenvalue weighted by atomic mass is 10.1. The highest BCUT2D eigenvalue weighted by Crippen LogP contribution is 2.12. The maximum atomic E-state index is 12.6. The zero-order chi connectivity index (χ0) is 14.5. The summed E-state index contributed by atoms with van der Waals surface area (Å²) in [6.45, 7) is 8.94. The van der Waals surface area contributed by atoms with Crippen molar-refractivity contribution in [3.63, 3.8) is 0 Å². The maximum absolute atomic E-state index is 12.6. The first-order valence-corrected chi connectivity index (χ1v) is 7.28. The molecule has 1 amide bonds. The molecule has 0 saturated carbocycles. The molecule has 0 aliphatic carbocycles. The highest BCUT2D eigenvalue weighted by atomic mass is 16.2. The zero-order valence-electron chi connectivity index (χ0n) is 12.4. The molecule has 2 rings (SSSR count). The van der Waals surface area contributed by atoms with Gasteiger partial charge in [0.2, 0.25) is 0 Å². The molecule has 1 aliphatic heterocycles. The highest BCUT2D eigenvalue weighted by Gasteiger charge is 2.21. The molecule has 20 heavy (non-hydrogen) atoms. The molecule has 110 valence electrons. The standard InChI is InChI=1S/C15H24N4O/c1-12-4-5-14(13(2)17-12)15(20)19-8-3-7-18(9-6-16)10-11-19/h4-5H,3,6-11,16H2,1-2H3. The summed E-state index contributed by atoms with van der Waals surface area (Å²) in [6.07, 6.45) is 1.00. The molecule has 0 unspecified atom stereocenters. The maximum Gasteiger partial charge on any atom is 0.255 e. The van der Waals surface area contributed by atoms with Crippen molar-refractivity contribution in [1.29, 1.82) is 0 Å². The lowest BCUT2D eigenvalue weighted by Crippen LogP contribution is -2.36. The molecule has 1 saturated heterocycles. The van der Waals surface area contributed by atoms with Crippen LogP contribution in [0.2, 0.25) is 0 Å². The number of aromatic nitrogens is 1. The minimum Gasteiger partial charge on any atom is -0.337 e. The van der Waals surface area contributed by atoms with Gasteiger partial charge >= 0.3 is 0 Å². The third kappa shape index (κ3) is 3.55. The van der Waals surface area contributed by atoms with E-state index in [2.05, 4.69) is 9.88 Å². The van der Waals surface area contributed by atoms with Crippen LogP contribution in [0.4, 0.5) is 0 Å². The molecular formula is C15H24N4O. The van der Waals surface area contributed by atoms with Crippen molar-refractivity contribution in [3.8, 4) is 0 Å². The molecule has 0 aromatic carbocycles. The van der Waals surface area contributed by atoms with Gasteiger partial charge in [0.15, 0.2) is 0 Å². The van der Waals surface area contributed by atoms with Crippen molar-refractivity contribution in [2.24, 2.45) is 5.73 Å². The number of hydrogen-bond donors (Lipinski definition) is 1. The fraction of sp³-hybridized carbons (Fsp3) is 0.600. The molecule has 1 aromatic heterocycles. The summed E-state index contributed by atoms with van der Waals surface area (Å²) < 4.78 is 0. The second-order valence-corrected chi connectivity index (χ2v) is 5.36. The van der Waals surface area contributed by atoms with Crippen molar-refractivity contribution >= 4 is 5.91 Å². The van der Waals surface area contributed by atoms with Gasteiger partial charge in [-0.15, -0.1) is 0 Å². The van der Waals surface area contributed by atoms with E-state index in [1.807, 2.05) is 30.9 Å². The van der Waals surface area contributed by atoms with Gasteiger partial charge in [0.1, 0.15) is 0 Å². The molecule has 1 aliphatic rings. The van der Waals surface area contributed by atoms with E-state index >= 15 is 0 Å². The molecule has 0 atom stereocenters. The van der Waals surface area contributed by atoms with Gasteiger partial charge in [-0.25, -0.2) is 0 Å². The summed E-state index contributed by atoms with van der Waals surface area (Å²) >= 11 is 0. The molecule has 0 radical (unpaired) electrons. The summed E-state index contributed by atoms with van der Waals surface area (Å²) in [7, 11) is 0. The summed E-state index contributed by atoms with van der Waals surface area (Å²) in [4.78, 5) is 21.2. The minimum atomic E-state index is 0.101. The number of rotatable bonds is 3. The van der Waals surface area contributed by atoms with Crippen LogP contribution in [-0.4, -0.2) is 60.0 Å².